The molecule has 2 aliphatic heterocycles. The molecule has 1 atom stereocenters. The highest BCUT2D eigenvalue weighted by Crippen LogP contribution is 2.46. The summed E-state index contributed by atoms with van der Waals surface area (Å²) in [4.78, 5) is 18.0. The van der Waals surface area contributed by atoms with Gasteiger partial charge in [-0.15, -0.1) is 0 Å². The Hall–Kier alpha value is -3.10. The number of aliphatic hydroxyl groups is 1. The van der Waals surface area contributed by atoms with Gasteiger partial charge in [-0.05, 0) is 42.7 Å². The summed E-state index contributed by atoms with van der Waals surface area (Å²) in [6.45, 7) is 1.86. The van der Waals surface area contributed by atoms with E-state index in [1.54, 1.807) is 30.2 Å². The van der Waals surface area contributed by atoms with Crippen LogP contribution in [0.3, 0.4) is 0 Å². The van der Waals surface area contributed by atoms with Crippen LogP contribution in [0.1, 0.15) is 30.1 Å². The number of benzene rings is 2. The number of methoxy groups -OCH3 is 1. The van der Waals surface area contributed by atoms with Gasteiger partial charge < -0.3 is 30.4 Å². The number of urea groups is 1. The predicted octanol–water partition coefficient (Wildman–Crippen LogP) is 3.52. The molecule has 1 fully saturated rings. The fourth-order valence-corrected chi connectivity index (χ4v) is 5.14. The molecule has 2 aliphatic rings. The number of anilines is 1. The molecule has 0 radical (unpaired) electrons. The molecule has 0 aliphatic carbocycles. The Morgan fingerprint density at radius 2 is 2.06 bits per heavy atom. The van der Waals surface area contributed by atoms with Gasteiger partial charge in [-0.2, -0.15) is 0 Å². The lowest BCUT2D eigenvalue weighted by Gasteiger charge is -2.46. The molecule has 168 valence electrons. The largest absolute Gasteiger partial charge is 0.497 e. The molecule has 0 unspecified atom stereocenters. The second-order valence-electron chi connectivity index (χ2n) is 8.62. The summed E-state index contributed by atoms with van der Waals surface area (Å²) < 4.78 is 19.3. The molecule has 5 rings (SSSR count). The van der Waals surface area contributed by atoms with Crippen LogP contribution in [0.2, 0.25) is 0 Å². The van der Waals surface area contributed by atoms with Crippen molar-refractivity contribution in [3.8, 4) is 5.75 Å². The Morgan fingerprint density at radius 1 is 1.28 bits per heavy atom. The van der Waals surface area contributed by atoms with E-state index in [4.69, 9.17) is 4.74 Å². The summed E-state index contributed by atoms with van der Waals surface area (Å²) in [6.07, 6.45) is 1.55. The van der Waals surface area contributed by atoms with Crippen LogP contribution < -0.4 is 15.4 Å². The van der Waals surface area contributed by atoms with Gasteiger partial charge >= 0.3 is 6.03 Å². The SMILES string of the molecule is COc1ccc2c3c([nH]c2c1)[C@@H](CO)NCC31CCN(C(=O)Nc2ccccc2F)CC1. The van der Waals surface area contributed by atoms with E-state index in [0.29, 0.717) is 13.1 Å². The van der Waals surface area contributed by atoms with Gasteiger partial charge in [-0.3, -0.25) is 0 Å². The number of halogens is 1. The molecule has 4 N–H and O–H groups in total. The molecule has 0 saturated carbocycles. The summed E-state index contributed by atoms with van der Waals surface area (Å²) >= 11 is 0. The zero-order chi connectivity index (χ0) is 22.3. The highest BCUT2D eigenvalue weighted by atomic mass is 19.1. The number of aliphatic hydroxyl groups excluding tert-OH is 1. The molecule has 3 aromatic rings. The van der Waals surface area contributed by atoms with E-state index in [2.05, 4.69) is 21.7 Å². The van der Waals surface area contributed by atoms with Gasteiger partial charge in [0, 0.05) is 47.7 Å². The maximum atomic E-state index is 13.9. The first-order chi connectivity index (χ1) is 15.5. The van der Waals surface area contributed by atoms with Crippen molar-refractivity contribution in [3.63, 3.8) is 0 Å². The number of fused-ring (bicyclic) bond motifs is 4. The van der Waals surface area contributed by atoms with Crippen molar-refractivity contribution in [2.45, 2.75) is 24.3 Å². The average molecular weight is 439 g/mol. The number of rotatable bonds is 3. The van der Waals surface area contributed by atoms with Crippen molar-refractivity contribution in [1.29, 1.82) is 0 Å². The van der Waals surface area contributed by atoms with Crippen LogP contribution in [-0.4, -0.2) is 54.4 Å². The van der Waals surface area contributed by atoms with E-state index in [9.17, 15) is 14.3 Å². The Labute approximate surface area is 185 Å². The minimum atomic E-state index is -0.445. The van der Waals surface area contributed by atoms with Gasteiger partial charge in [0.05, 0.1) is 25.4 Å². The maximum Gasteiger partial charge on any atom is 0.321 e. The number of likely N-dealkylation sites (tertiary alicyclic amines) is 1. The number of aromatic amines is 1. The Kier molecular flexibility index (Phi) is 5.27. The summed E-state index contributed by atoms with van der Waals surface area (Å²) in [5, 5.41) is 17.2. The molecule has 2 aromatic carbocycles. The monoisotopic (exact) mass is 438 g/mol. The third-order valence-electron chi connectivity index (χ3n) is 6.91. The van der Waals surface area contributed by atoms with E-state index < -0.39 is 5.82 Å². The minimum Gasteiger partial charge on any atom is -0.497 e. The molecule has 7 nitrogen and oxygen atoms in total. The maximum absolute atomic E-state index is 13.9. The average Bonchev–Trinajstić information content (AvgIpc) is 3.21. The van der Waals surface area contributed by atoms with E-state index in [1.807, 2.05) is 12.1 Å². The number of aromatic nitrogens is 1. The van der Waals surface area contributed by atoms with Gasteiger partial charge in [0.25, 0.3) is 0 Å². The molecule has 32 heavy (non-hydrogen) atoms. The molecular weight excluding hydrogens is 411 g/mol. The summed E-state index contributed by atoms with van der Waals surface area (Å²) in [5.74, 6) is 0.331. The first-order valence-electron chi connectivity index (χ1n) is 10.9. The molecule has 2 amide bonds. The van der Waals surface area contributed by atoms with Crippen LogP contribution in [0.15, 0.2) is 42.5 Å². The smallest absolute Gasteiger partial charge is 0.321 e. The van der Waals surface area contributed by atoms with Crippen molar-refractivity contribution in [2.75, 3.05) is 38.7 Å². The molecular formula is C24H27FN4O3. The number of ether oxygens (including phenoxy) is 1. The summed E-state index contributed by atoms with van der Waals surface area (Å²) in [6, 6.07) is 11.8. The van der Waals surface area contributed by atoms with Crippen molar-refractivity contribution in [1.82, 2.24) is 15.2 Å². The van der Waals surface area contributed by atoms with E-state index in [-0.39, 0.29) is 29.8 Å². The fourth-order valence-electron chi connectivity index (χ4n) is 5.14. The first-order valence-corrected chi connectivity index (χ1v) is 10.9. The van der Waals surface area contributed by atoms with Crippen molar-refractivity contribution >= 4 is 22.6 Å². The molecule has 1 spiro atoms. The van der Waals surface area contributed by atoms with Crippen LogP contribution >= 0.6 is 0 Å². The molecule has 3 heterocycles. The number of nitrogens with zero attached hydrogens (tertiary/aromatic N) is 1. The number of piperidine rings is 1. The number of amides is 2. The van der Waals surface area contributed by atoms with E-state index in [0.717, 1.165) is 41.7 Å². The number of carbonyl (C=O) groups is 1. The Bertz CT molecular complexity index is 1150. The number of carbonyl (C=O) groups excluding carboxylic acids is 1. The van der Waals surface area contributed by atoms with Crippen LogP contribution in [0, 0.1) is 5.82 Å². The number of para-hydroxylation sites is 1. The summed E-state index contributed by atoms with van der Waals surface area (Å²) in [7, 11) is 1.64. The molecule has 1 aromatic heterocycles. The second-order valence-corrected chi connectivity index (χ2v) is 8.62. The van der Waals surface area contributed by atoms with E-state index >= 15 is 0 Å². The van der Waals surface area contributed by atoms with Gasteiger partial charge in [0.1, 0.15) is 11.6 Å². The zero-order valence-electron chi connectivity index (χ0n) is 18.0. The Morgan fingerprint density at radius 3 is 2.78 bits per heavy atom. The standard InChI is InChI=1S/C24H27FN4O3/c1-32-15-6-7-16-19(12-15)27-22-20(13-30)26-14-24(21(16)22)8-10-29(11-9-24)23(31)28-18-5-3-2-4-17(18)25/h2-7,12,20,26-27,30H,8-11,13-14H2,1H3,(H,28,31)/t20-/m1/s1. The zero-order valence-corrected chi connectivity index (χ0v) is 18.0. The van der Waals surface area contributed by atoms with E-state index in [1.165, 1.54) is 11.6 Å². The number of hydrogen-bond donors (Lipinski definition) is 4. The van der Waals surface area contributed by atoms with Gasteiger partial charge in [-0.25, -0.2) is 9.18 Å². The van der Waals surface area contributed by atoms with Crippen LogP contribution in [-0.2, 0) is 5.41 Å². The number of hydrogen-bond acceptors (Lipinski definition) is 4. The normalized spacial score (nSPS) is 19.7. The molecule has 1 saturated heterocycles. The van der Waals surface area contributed by atoms with Gasteiger partial charge in [0.15, 0.2) is 0 Å². The minimum absolute atomic E-state index is 0.00417. The third-order valence-corrected chi connectivity index (χ3v) is 6.91. The van der Waals surface area contributed by atoms with Gasteiger partial charge in [0.2, 0.25) is 0 Å². The first kappa shape index (κ1) is 20.8. The van der Waals surface area contributed by atoms with Crippen molar-refractivity contribution in [2.24, 2.45) is 0 Å². The van der Waals surface area contributed by atoms with Crippen LogP contribution in [0.5, 0.6) is 5.75 Å². The van der Waals surface area contributed by atoms with Crippen molar-refractivity contribution in [3.05, 3.63) is 59.5 Å². The van der Waals surface area contributed by atoms with Crippen LogP contribution in [0.4, 0.5) is 14.9 Å². The molecule has 0 bridgehead atoms. The van der Waals surface area contributed by atoms with Crippen molar-refractivity contribution < 1.29 is 19.0 Å². The Balaban J connectivity index is 1.41. The molecule has 8 heteroatoms. The highest BCUT2D eigenvalue weighted by Gasteiger charge is 2.44. The van der Waals surface area contributed by atoms with Crippen LogP contribution in [0.25, 0.3) is 10.9 Å². The quantitative estimate of drug-likeness (QED) is 0.504. The second kappa shape index (κ2) is 8.11. The lowest BCUT2D eigenvalue weighted by Crippen LogP contribution is -2.53. The lowest BCUT2D eigenvalue weighted by molar-refractivity contribution is 0.149. The van der Waals surface area contributed by atoms with Gasteiger partial charge in [-0.1, -0.05) is 12.1 Å². The topological polar surface area (TPSA) is 89.6 Å². The summed E-state index contributed by atoms with van der Waals surface area (Å²) in [5.41, 5.74) is 3.25. The highest BCUT2D eigenvalue weighted by molar-refractivity contribution is 5.90. The number of nitrogens with one attached hydrogen (secondary N) is 3. The number of H-pyrrole nitrogens is 1. The lowest BCUT2D eigenvalue weighted by atomic mass is 9.69. The fraction of sp³-hybridized carbons (Fsp3) is 0.375. The predicted molar refractivity (Wildman–Crippen MR) is 121 cm³/mol. The third kappa shape index (κ3) is 3.40.